The number of hydrogen-bond acceptors (Lipinski definition) is 7. The zero-order valence-corrected chi connectivity index (χ0v) is 21.7. The van der Waals surface area contributed by atoms with Crippen molar-refractivity contribution in [1.29, 1.82) is 0 Å². The van der Waals surface area contributed by atoms with E-state index in [-0.39, 0.29) is 23.2 Å². The smallest absolute Gasteiger partial charge is 0.460 e. The van der Waals surface area contributed by atoms with Crippen molar-refractivity contribution in [2.45, 2.75) is 38.6 Å². The standard InChI is InChI=1S/C30H28BFN2O5/c1-17-11-23(30-25(12-17)28(35)15-29(38-30)19-7-9-37-10-8-19)18(2)34-27-6-4-22(32)14-24(27)20-3-5-26-21(13-20)16-33-39-31(26)36/h3-6,11-16,18-19,34,36H,7-10H2,1-2H3. The Kier molecular flexibility index (Phi) is 6.70. The third kappa shape index (κ3) is 4.95. The number of nitrogens with zero attached hydrogens (tertiary/aromatic N) is 1. The van der Waals surface area contributed by atoms with Crippen LogP contribution in [0.15, 0.2) is 69.0 Å². The molecule has 0 saturated carbocycles. The lowest BCUT2D eigenvalue weighted by molar-refractivity contribution is 0.0807. The van der Waals surface area contributed by atoms with E-state index in [2.05, 4.69) is 10.5 Å². The minimum absolute atomic E-state index is 0.0562. The summed E-state index contributed by atoms with van der Waals surface area (Å²) in [5.74, 6) is 0.469. The van der Waals surface area contributed by atoms with Crippen LogP contribution in [0.3, 0.4) is 0 Å². The predicted molar refractivity (Wildman–Crippen MR) is 150 cm³/mol. The first kappa shape index (κ1) is 25.3. The Hall–Kier alpha value is -3.95. The van der Waals surface area contributed by atoms with Gasteiger partial charge in [-0.2, -0.15) is 0 Å². The molecule has 39 heavy (non-hydrogen) atoms. The lowest BCUT2D eigenvalue weighted by atomic mass is 9.75. The molecule has 4 aromatic rings. The van der Waals surface area contributed by atoms with E-state index in [1.54, 1.807) is 18.2 Å². The SMILES string of the molecule is Cc1cc(C(C)Nc2ccc(F)cc2-c2ccc3c(c2)C=NOB3O)c2oc(C3CCOCC3)cc(=O)c2c1. The summed E-state index contributed by atoms with van der Waals surface area (Å²) in [5, 5.41) is 17.9. The van der Waals surface area contributed by atoms with Gasteiger partial charge in [0.1, 0.15) is 17.2 Å². The maximum atomic E-state index is 14.4. The molecular formula is C30H28BFN2O5. The van der Waals surface area contributed by atoms with Crippen molar-refractivity contribution < 1.29 is 23.3 Å². The van der Waals surface area contributed by atoms with E-state index in [0.717, 1.165) is 29.5 Å². The van der Waals surface area contributed by atoms with Crippen LogP contribution in [0.2, 0.25) is 0 Å². The van der Waals surface area contributed by atoms with Gasteiger partial charge in [-0.1, -0.05) is 18.2 Å². The highest BCUT2D eigenvalue weighted by molar-refractivity contribution is 6.62. The van der Waals surface area contributed by atoms with Gasteiger partial charge in [-0.3, -0.25) is 4.79 Å². The summed E-state index contributed by atoms with van der Waals surface area (Å²) in [4.78, 5) is 13.2. The summed E-state index contributed by atoms with van der Waals surface area (Å²) in [6.07, 6.45) is 3.16. The van der Waals surface area contributed by atoms with Crippen molar-refractivity contribution >= 4 is 35.5 Å². The second kappa shape index (κ2) is 10.3. The van der Waals surface area contributed by atoms with E-state index >= 15 is 0 Å². The summed E-state index contributed by atoms with van der Waals surface area (Å²) in [6.45, 7) is 5.26. The molecule has 198 valence electrons. The van der Waals surface area contributed by atoms with Crippen molar-refractivity contribution in [3.8, 4) is 11.1 Å². The van der Waals surface area contributed by atoms with E-state index in [9.17, 15) is 14.2 Å². The van der Waals surface area contributed by atoms with Crippen LogP contribution in [0.1, 0.15) is 54.2 Å². The Bertz CT molecular complexity index is 1650. The highest BCUT2D eigenvalue weighted by Crippen LogP contribution is 2.35. The van der Waals surface area contributed by atoms with E-state index in [1.807, 2.05) is 38.1 Å². The van der Waals surface area contributed by atoms with Crippen molar-refractivity contribution in [3.05, 3.63) is 93.1 Å². The Morgan fingerprint density at radius 1 is 1.10 bits per heavy atom. The number of ether oxygens (including phenoxy) is 1. The van der Waals surface area contributed by atoms with Crippen molar-refractivity contribution in [3.63, 3.8) is 0 Å². The number of nitrogens with one attached hydrogen (secondary N) is 1. The normalized spacial score (nSPS) is 16.2. The molecule has 0 radical (unpaired) electrons. The summed E-state index contributed by atoms with van der Waals surface area (Å²) in [5.41, 5.74) is 5.72. The fraction of sp³-hybridized carbons (Fsp3) is 0.267. The van der Waals surface area contributed by atoms with Gasteiger partial charge in [-0.05, 0) is 73.7 Å². The summed E-state index contributed by atoms with van der Waals surface area (Å²) >= 11 is 0. The molecule has 1 unspecified atom stereocenters. The van der Waals surface area contributed by atoms with Gasteiger partial charge in [-0.25, -0.2) is 4.39 Å². The van der Waals surface area contributed by atoms with Crippen molar-refractivity contribution in [1.82, 2.24) is 0 Å². The first-order valence-electron chi connectivity index (χ1n) is 13.1. The molecular weight excluding hydrogens is 498 g/mol. The second-order valence-corrected chi connectivity index (χ2v) is 10.2. The summed E-state index contributed by atoms with van der Waals surface area (Å²) < 4.78 is 31.3. The molecule has 0 amide bonds. The van der Waals surface area contributed by atoms with Crippen LogP contribution >= 0.6 is 0 Å². The second-order valence-electron chi connectivity index (χ2n) is 10.2. The third-order valence-corrected chi connectivity index (χ3v) is 7.48. The fourth-order valence-electron chi connectivity index (χ4n) is 5.43. The molecule has 1 fully saturated rings. The summed E-state index contributed by atoms with van der Waals surface area (Å²) in [7, 11) is -1.14. The Balaban J connectivity index is 1.40. The van der Waals surface area contributed by atoms with Gasteiger partial charge in [0, 0.05) is 47.5 Å². The van der Waals surface area contributed by atoms with Gasteiger partial charge in [0.15, 0.2) is 5.43 Å². The number of oxime groups is 1. The van der Waals surface area contributed by atoms with Gasteiger partial charge >= 0.3 is 7.12 Å². The average Bonchev–Trinajstić information content (AvgIpc) is 2.94. The predicted octanol–water partition coefficient (Wildman–Crippen LogP) is 5.03. The maximum absolute atomic E-state index is 14.4. The minimum Gasteiger partial charge on any atom is -0.460 e. The highest BCUT2D eigenvalue weighted by Gasteiger charge is 2.26. The lowest BCUT2D eigenvalue weighted by Gasteiger charge is -2.23. The van der Waals surface area contributed by atoms with Gasteiger partial charge in [0.25, 0.3) is 0 Å². The molecule has 9 heteroatoms. The number of halogens is 1. The fourth-order valence-corrected chi connectivity index (χ4v) is 5.43. The summed E-state index contributed by atoms with van der Waals surface area (Å²) in [6, 6.07) is 15.2. The van der Waals surface area contributed by atoms with E-state index in [0.29, 0.717) is 52.2 Å². The third-order valence-electron chi connectivity index (χ3n) is 7.48. The van der Waals surface area contributed by atoms with Crippen LogP contribution in [0.5, 0.6) is 0 Å². The largest absolute Gasteiger partial charge is 0.583 e. The lowest BCUT2D eigenvalue weighted by Crippen LogP contribution is -2.37. The van der Waals surface area contributed by atoms with Crippen molar-refractivity contribution in [2.24, 2.45) is 5.16 Å². The number of fused-ring (bicyclic) bond motifs is 2. The number of aryl methyl sites for hydroxylation is 1. The van der Waals surface area contributed by atoms with Crippen LogP contribution < -0.4 is 16.2 Å². The topological polar surface area (TPSA) is 93.3 Å². The number of anilines is 1. The van der Waals surface area contributed by atoms with E-state index < -0.39 is 7.12 Å². The molecule has 2 N–H and O–H groups in total. The van der Waals surface area contributed by atoms with E-state index in [1.165, 1.54) is 18.3 Å². The monoisotopic (exact) mass is 526 g/mol. The maximum Gasteiger partial charge on any atom is 0.583 e. The molecule has 0 spiro atoms. The van der Waals surface area contributed by atoms with Crippen molar-refractivity contribution in [2.75, 3.05) is 18.5 Å². The minimum atomic E-state index is -1.14. The average molecular weight is 526 g/mol. The molecule has 1 atom stereocenters. The molecule has 6 rings (SSSR count). The number of rotatable bonds is 5. The van der Waals surface area contributed by atoms with Crippen LogP contribution in [0.25, 0.3) is 22.1 Å². The molecule has 2 aliphatic rings. The molecule has 3 heterocycles. The Morgan fingerprint density at radius 2 is 1.92 bits per heavy atom. The van der Waals surface area contributed by atoms with E-state index in [4.69, 9.17) is 13.9 Å². The van der Waals surface area contributed by atoms with Crippen LogP contribution in [-0.2, 0) is 9.49 Å². The van der Waals surface area contributed by atoms with Crippen LogP contribution in [-0.4, -0.2) is 31.6 Å². The number of hydrogen-bond donors (Lipinski definition) is 2. The molecule has 3 aromatic carbocycles. The van der Waals surface area contributed by atoms with Gasteiger partial charge in [-0.15, -0.1) is 5.16 Å². The van der Waals surface area contributed by atoms with Gasteiger partial charge in [0.2, 0.25) is 0 Å². The molecule has 2 aliphatic heterocycles. The molecule has 1 aromatic heterocycles. The Morgan fingerprint density at radius 3 is 2.74 bits per heavy atom. The first-order valence-corrected chi connectivity index (χ1v) is 13.1. The quantitative estimate of drug-likeness (QED) is 0.355. The highest BCUT2D eigenvalue weighted by atomic mass is 19.1. The van der Waals surface area contributed by atoms with Crippen LogP contribution in [0, 0.1) is 12.7 Å². The molecule has 1 saturated heterocycles. The van der Waals surface area contributed by atoms with Gasteiger partial charge in [0.05, 0.1) is 17.6 Å². The molecule has 0 aliphatic carbocycles. The zero-order valence-electron chi connectivity index (χ0n) is 21.7. The van der Waals surface area contributed by atoms with Crippen LogP contribution in [0.4, 0.5) is 10.1 Å². The molecule has 7 nitrogen and oxygen atoms in total. The van der Waals surface area contributed by atoms with Gasteiger partial charge < -0.3 is 24.2 Å². The Labute approximate surface area is 225 Å². The number of benzene rings is 3. The zero-order chi connectivity index (χ0) is 27.1. The first-order chi connectivity index (χ1) is 18.9. The molecule has 0 bridgehead atoms.